The van der Waals surface area contributed by atoms with Gasteiger partial charge in [-0.05, 0) is 50.3 Å². The Morgan fingerprint density at radius 1 is 1.44 bits per heavy atom. The molecule has 0 bridgehead atoms. The van der Waals surface area contributed by atoms with Crippen molar-refractivity contribution < 1.29 is 0 Å². The summed E-state index contributed by atoms with van der Waals surface area (Å²) < 4.78 is 0.912. The molecule has 102 valence electrons. The first-order valence-electron chi connectivity index (χ1n) is 7.14. The molecule has 1 aromatic heterocycles. The van der Waals surface area contributed by atoms with Crippen LogP contribution in [0.2, 0.25) is 4.34 Å². The molecule has 1 aromatic rings. The summed E-state index contributed by atoms with van der Waals surface area (Å²) in [7, 11) is 2.11. The molecule has 1 fully saturated rings. The van der Waals surface area contributed by atoms with E-state index in [1.165, 1.54) is 37.0 Å². The Labute approximate surface area is 120 Å². The molecule has 1 aliphatic rings. The highest BCUT2D eigenvalue weighted by Crippen LogP contribution is 2.34. The minimum absolute atomic E-state index is 0.620. The van der Waals surface area contributed by atoms with Gasteiger partial charge in [0.25, 0.3) is 0 Å². The average molecular weight is 286 g/mol. The molecule has 3 atom stereocenters. The van der Waals surface area contributed by atoms with E-state index >= 15 is 0 Å². The van der Waals surface area contributed by atoms with Crippen molar-refractivity contribution in [2.24, 2.45) is 11.8 Å². The summed E-state index contributed by atoms with van der Waals surface area (Å²) in [6.07, 6.45) is 8.12. The van der Waals surface area contributed by atoms with Crippen LogP contribution in [0.5, 0.6) is 0 Å². The van der Waals surface area contributed by atoms with Crippen molar-refractivity contribution in [3.63, 3.8) is 0 Å². The Balaban J connectivity index is 1.95. The van der Waals surface area contributed by atoms with Gasteiger partial charge in [0.05, 0.1) is 4.34 Å². The smallest absolute Gasteiger partial charge is 0.0931 e. The number of hydrogen-bond donors (Lipinski definition) is 1. The van der Waals surface area contributed by atoms with Crippen molar-refractivity contribution in [2.75, 3.05) is 7.05 Å². The molecule has 3 unspecified atom stereocenters. The second-order valence-corrected chi connectivity index (χ2v) is 7.31. The Bertz CT molecular complexity index is 363. The van der Waals surface area contributed by atoms with Gasteiger partial charge in [-0.15, -0.1) is 11.3 Å². The van der Waals surface area contributed by atoms with Crippen LogP contribution >= 0.6 is 22.9 Å². The van der Waals surface area contributed by atoms with Gasteiger partial charge < -0.3 is 5.32 Å². The highest BCUT2D eigenvalue weighted by Gasteiger charge is 2.27. The van der Waals surface area contributed by atoms with E-state index in [1.807, 2.05) is 6.07 Å². The second kappa shape index (κ2) is 6.93. The number of likely N-dealkylation sites (N-methyl/N-ethyl adjacent to an activating group) is 1. The van der Waals surface area contributed by atoms with Crippen molar-refractivity contribution in [3.05, 3.63) is 21.3 Å². The summed E-state index contributed by atoms with van der Waals surface area (Å²) in [6.45, 7) is 2.33. The zero-order chi connectivity index (χ0) is 13.0. The van der Waals surface area contributed by atoms with Crippen LogP contribution in [0.25, 0.3) is 0 Å². The van der Waals surface area contributed by atoms with Gasteiger partial charge in [-0.1, -0.05) is 37.8 Å². The molecule has 0 aliphatic heterocycles. The predicted molar refractivity (Wildman–Crippen MR) is 81.6 cm³/mol. The lowest BCUT2D eigenvalue weighted by Gasteiger charge is -2.34. The van der Waals surface area contributed by atoms with Crippen molar-refractivity contribution in [3.8, 4) is 0 Å². The predicted octanol–water partition coefficient (Wildman–Crippen LogP) is 4.75. The molecular weight excluding hydrogens is 262 g/mol. The fraction of sp³-hybridized carbons (Fsp3) is 0.733. The van der Waals surface area contributed by atoms with Gasteiger partial charge in [0, 0.05) is 10.9 Å². The molecule has 1 aliphatic carbocycles. The first-order valence-corrected chi connectivity index (χ1v) is 8.33. The minimum Gasteiger partial charge on any atom is -0.316 e. The summed E-state index contributed by atoms with van der Waals surface area (Å²) >= 11 is 7.74. The summed E-state index contributed by atoms with van der Waals surface area (Å²) in [6, 6.07) is 4.82. The van der Waals surface area contributed by atoms with Crippen LogP contribution in [-0.2, 0) is 6.42 Å². The molecule has 0 spiro atoms. The van der Waals surface area contributed by atoms with E-state index in [4.69, 9.17) is 11.6 Å². The Hall–Kier alpha value is -0.0500. The molecule has 1 N–H and O–H groups in total. The first kappa shape index (κ1) is 14.4. The molecule has 1 saturated carbocycles. The molecule has 0 amide bonds. The molecule has 1 heterocycles. The van der Waals surface area contributed by atoms with Crippen LogP contribution in [0.15, 0.2) is 12.1 Å². The van der Waals surface area contributed by atoms with Crippen LogP contribution in [-0.4, -0.2) is 13.1 Å². The lowest BCUT2D eigenvalue weighted by molar-refractivity contribution is 0.213. The highest BCUT2D eigenvalue weighted by molar-refractivity contribution is 7.16. The lowest BCUT2D eigenvalue weighted by atomic mass is 9.76. The topological polar surface area (TPSA) is 12.0 Å². The minimum atomic E-state index is 0.620. The van der Waals surface area contributed by atoms with E-state index in [2.05, 4.69) is 25.4 Å². The first-order chi connectivity index (χ1) is 8.72. The van der Waals surface area contributed by atoms with Gasteiger partial charge in [-0.3, -0.25) is 0 Å². The molecule has 1 nitrogen and oxygen atoms in total. The maximum absolute atomic E-state index is 6.02. The number of hydrogen-bond acceptors (Lipinski definition) is 2. The van der Waals surface area contributed by atoms with Crippen LogP contribution in [0.1, 0.15) is 43.9 Å². The van der Waals surface area contributed by atoms with Gasteiger partial charge in [-0.2, -0.15) is 0 Å². The summed E-state index contributed by atoms with van der Waals surface area (Å²) in [4.78, 5) is 1.41. The van der Waals surface area contributed by atoms with Gasteiger partial charge in [0.15, 0.2) is 0 Å². The van der Waals surface area contributed by atoms with Crippen LogP contribution < -0.4 is 5.32 Å². The maximum Gasteiger partial charge on any atom is 0.0931 e. The fourth-order valence-electron chi connectivity index (χ4n) is 3.25. The molecule has 2 rings (SSSR count). The summed E-state index contributed by atoms with van der Waals surface area (Å²) in [5, 5.41) is 3.54. The van der Waals surface area contributed by atoms with Crippen molar-refractivity contribution in [1.29, 1.82) is 0 Å². The van der Waals surface area contributed by atoms with Crippen molar-refractivity contribution in [2.45, 2.75) is 51.5 Å². The summed E-state index contributed by atoms with van der Waals surface area (Å²) in [5.41, 5.74) is 0. The Morgan fingerprint density at radius 2 is 2.28 bits per heavy atom. The van der Waals surface area contributed by atoms with Gasteiger partial charge >= 0.3 is 0 Å². The van der Waals surface area contributed by atoms with Crippen molar-refractivity contribution in [1.82, 2.24) is 5.32 Å². The van der Waals surface area contributed by atoms with E-state index in [1.54, 1.807) is 11.3 Å². The largest absolute Gasteiger partial charge is 0.316 e. The SMILES string of the molecule is CCC1CCCC(C(Cc2ccc(Cl)s2)NC)C1. The zero-order valence-electron chi connectivity index (χ0n) is 11.4. The molecule has 0 radical (unpaired) electrons. The maximum atomic E-state index is 6.02. The summed E-state index contributed by atoms with van der Waals surface area (Å²) in [5.74, 6) is 1.79. The van der Waals surface area contributed by atoms with E-state index in [0.29, 0.717) is 6.04 Å². The fourth-order valence-corrected chi connectivity index (χ4v) is 4.40. The van der Waals surface area contributed by atoms with Gasteiger partial charge in [0.2, 0.25) is 0 Å². The van der Waals surface area contributed by atoms with Crippen LogP contribution in [0.4, 0.5) is 0 Å². The third-order valence-corrected chi connectivity index (χ3v) is 5.64. The van der Waals surface area contributed by atoms with Gasteiger partial charge in [-0.25, -0.2) is 0 Å². The zero-order valence-corrected chi connectivity index (χ0v) is 13.0. The lowest BCUT2D eigenvalue weighted by Crippen LogP contribution is -2.38. The van der Waals surface area contributed by atoms with Crippen LogP contribution in [0.3, 0.4) is 0 Å². The third kappa shape index (κ3) is 3.72. The second-order valence-electron chi connectivity index (χ2n) is 5.51. The molecule has 18 heavy (non-hydrogen) atoms. The third-order valence-electron chi connectivity index (χ3n) is 4.39. The van der Waals surface area contributed by atoms with Crippen LogP contribution in [0, 0.1) is 11.8 Å². The van der Waals surface area contributed by atoms with E-state index in [-0.39, 0.29) is 0 Å². The van der Waals surface area contributed by atoms with Gasteiger partial charge in [0.1, 0.15) is 0 Å². The van der Waals surface area contributed by atoms with Crippen molar-refractivity contribution >= 4 is 22.9 Å². The number of halogens is 1. The molecule has 0 aromatic carbocycles. The monoisotopic (exact) mass is 285 g/mol. The Morgan fingerprint density at radius 3 is 2.89 bits per heavy atom. The quantitative estimate of drug-likeness (QED) is 0.823. The van der Waals surface area contributed by atoms with E-state index in [0.717, 1.165) is 22.6 Å². The normalized spacial score (nSPS) is 26.2. The number of nitrogens with one attached hydrogen (secondary N) is 1. The Kier molecular flexibility index (Phi) is 5.53. The van der Waals surface area contributed by atoms with E-state index < -0.39 is 0 Å². The standard InChI is InChI=1S/C15H24ClNS/c1-3-11-5-4-6-12(9-11)14(17-2)10-13-7-8-15(16)18-13/h7-8,11-12,14,17H,3-6,9-10H2,1-2H3. The van der Waals surface area contributed by atoms with E-state index in [9.17, 15) is 0 Å². The number of thiophene rings is 1. The molecular formula is C15H24ClNS. The highest BCUT2D eigenvalue weighted by atomic mass is 35.5. The number of rotatable bonds is 5. The molecule has 0 saturated heterocycles. The average Bonchev–Trinajstić information content (AvgIpc) is 2.81. The molecule has 3 heteroatoms.